The van der Waals surface area contributed by atoms with Crippen molar-refractivity contribution >= 4 is 17.3 Å². The first-order valence-electron chi connectivity index (χ1n) is 8.07. The largest absolute Gasteiger partial charge is 0.477 e. The van der Waals surface area contributed by atoms with Crippen molar-refractivity contribution in [3.63, 3.8) is 0 Å². The van der Waals surface area contributed by atoms with Crippen LogP contribution in [0.5, 0.6) is 11.5 Å². The molecule has 0 radical (unpaired) electrons. The van der Waals surface area contributed by atoms with Gasteiger partial charge in [-0.15, -0.1) is 11.3 Å². The van der Waals surface area contributed by atoms with Gasteiger partial charge in [0.05, 0.1) is 5.69 Å². The summed E-state index contributed by atoms with van der Waals surface area (Å²) in [5.74, 6) is 0.655. The van der Waals surface area contributed by atoms with Gasteiger partial charge in [0.1, 0.15) is 21.4 Å². The maximum atomic E-state index is 11.3. The summed E-state index contributed by atoms with van der Waals surface area (Å²) < 4.78 is 5.96. The van der Waals surface area contributed by atoms with Gasteiger partial charge in [0.25, 0.3) is 0 Å². The van der Waals surface area contributed by atoms with Crippen LogP contribution >= 0.6 is 11.3 Å². The average molecular weight is 353 g/mol. The summed E-state index contributed by atoms with van der Waals surface area (Å²) in [5.41, 5.74) is 3.82. The van der Waals surface area contributed by atoms with Gasteiger partial charge in [-0.05, 0) is 61.7 Å². The fraction of sp³-hybridized carbons (Fsp3) is 0.200. The van der Waals surface area contributed by atoms with Crippen molar-refractivity contribution in [2.45, 2.75) is 27.2 Å². The van der Waals surface area contributed by atoms with Crippen LogP contribution < -0.4 is 4.74 Å². The minimum atomic E-state index is -0.921. The first kappa shape index (κ1) is 17.2. The molecule has 0 aliphatic heterocycles. The fourth-order valence-electron chi connectivity index (χ4n) is 2.51. The van der Waals surface area contributed by atoms with E-state index >= 15 is 0 Å². The summed E-state index contributed by atoms with van der Waals surface area (Å²) in [4.78, 5) is 16.1. The molecule has 2 aromatic carbocycles. The Hall–Kier alpha value is -2.66. The molecule has 4 nitrogen and oxygen atoms in total. The van der Waals surface area contributed by atoms with Crippen LogP contribution in [0.25, 0.3) is 10.6 Å². The van der Waals surface area contributed by atoms with Crippen molar-refractivity contribution in [3.8, 4) is 22.1 Å². The fourth-order valence-corrected chi connectivity index (χ4v) is 3.51. The van der Waals surface area contributed by atoms with Crippen LogP contribution in [0.1, 0.15) is 33.4 Å². The Balaban J connectivity index is 1.85. The predicted molar refractivity (Wildman–Crippen MR) is 99.9 cm³/mol. The van der Waals surface area contributed by atoms with E-state index in [0.29, 0.717) is 22.0 Å². The van der Waals surface area contributed by atoms with Crippen LogP contribution in [-0.4, -0.2) is 16.1 Å². The van der Waals surface area contributed by atoms with Crippen molar-refractivity contribution in [1.82, 2.24) is 4.98 Å². The van der Waals surface area contributed by atoms with Gasteiger partial charge >= 0.3 is 5.97 Å². The molecule has 0 atom stereocenters. The van der Waals surface area contributed by atoms with E-state index in [-0.39, 0.29) is 0 Å². The first-order valence-corrected chi connectivity index (χ1v) is 8.88. The second-order valence-corrected chi connectivity index (χ2v) is 6.78. The monoisotopic (exact) mass is 353 g/mol. The Labute approximate surface area is 150 Å². The van der Waals surface area contributed by atoms with Crippen LogP contribution in [-0.2, 0) is 6.42 Å². The van der Waals surface area contributed by atoms with Gasteiger partial charge in [0.15, 0.2) is 0 Å². The summed E-state index contributed by atoms with van der Waals surface area (Å²) in [6, 6.07) is 13.5. The number of aromatic nitrogens is 1. The molecule has 0 amide bonds. The lowest BCUT2D eigenvalue weighted by molar-refractivity contribution is 0.0701. The Kier molecular flexibility index (Phi) is 4.86. The molecule has 0 saturated heterocycles. The SMILES string of the molecule is CCc1nc(-c2ccc(Oc3cccc(C)c3C)cc2)sc1C(=O)O. The van der Waals surface area contributed by atoms with E-state index in [0.717, 1.165) is 22.6 Å². The van der Waals surface area contributed by atoms with E-state index in [1.54, 1.807) is 0 Å². The van der Waals surface area contributed by atoms with Crippen molar-refractivity contribution < 1.29 is 14.6 Å². The molecule has 0 aliphatic carbocycles. The molecule has 0 fully saturated rings. The predicted octanol–water partition coefficient (Wildman–Crippen LogP) is 5.48. The highest BCUT2D eigenvalue weighted by Gasteiger charge is 2.16. The summed E-state index contributed by atoms with van der Waals surface area (Å²) in [6.07, 6.45) is 0.603. The van der Waals surface area contributed by atoms with Crippen molar-refractivity contribution in [3.05, 3.63) is 64.2 Å². The molecule has 0 saturated carbocycles. The van der Waals surface area contributed by atoms with E-state index in [2.05, 4.69) is 18.0 Å². The number of thiazole rings is 1. The van der Waals surface area contributed by atoms with E-state index < -0.39 is 5.97 Å². The van der Waals surface area contributed by atoms with E-state index in [9.17, 15) is 9.90 Å². The molecule has 3 aromatic rings. The second kappa shape index (κ2) is 7.07. The standard InChI is InChI=1S/C20H19NO3S/c1-4-16-18(20(22)23)25-19(21-16)14-8-10-15(11-9-14)24-17-7-5-6-12(2)13(17)3/h5-11H,4H2,1-3H3,(H,22,23). The number of carbonyl (C=O) groups is 1. The van der Waals surface area contributed by atoms with E-state index in [1.807, 2.05) is 50.2 Å². The molecule has 0 spiro atoms. The zero-order valence-electron chi connectivity index (χ0n) is 14.4. The molecule has 5 heteroatoms. The Morgan fingerprint density at radius 1 is 1.16 bits per heavy atom. The third-order valence-corrected chi connectivity index (χ3v) is 5.25. The molecule has 0 unspecified atom stereocenters. The summed E-state index contributed by atoms with van der Waals surface area (Å²) in [7, 11) is 0. The Morgan fingerprint density at radius 2 is 1.88 bits per heavy atom. The molecule has 0 bridgehead atoms. The molecular formula is C20H19NO3S. The minimum absolute atomic E-state index is 0.313. The average Bonchev–Trinajstić information content (AvgIpc) is 3.04. The Bertz CT molecular complexity index is 913. The minimum Gasteiger partial charge on any atom is -0.477 e. The normalized spacial score (nSPS) is 10.7. The van der Waals surface area contributed by atoms with Gasteiger partial charge in [-0.1, -0.05) is 19.1 Å². The third kappa shape index (κ3) is 3.56. The summed E-state index contributed by atoms with van der Waals surface area (Å²) in [5, 5.41) is 9.98. The van der Waals surface area contributed by atoms with E-state index in [4.69, 9.17) is 4.74 Å². The second-order valence-electron chi connectivity index (χ2n) is 5.78. The van der Waals surface area contributed by atoms with Crippen molar-refractivity contribution in [2.24, 2.45) is 0 Å². The van der Waals surface area contributed by atoms with Crippen LogP contribution in [0, 0.1) is 13.8 Å². The molecule has 25 heavy (non-hydrogen) atoms. The van der Waals surface area contributed by atoms with Crippen LogP contribution in [0.4, 0.5) is 0 Å². The highest BCUT2D eigenvalue weighted by molar-refractivity contribution is 7.17. The molecule has 0 aliphatic rings. The topological polar surface area (TPSA) is 59.4 Å². The van der Waals surface area contributed by atoms with Crippen LogP contribution in [0.3, 0.4) is 0 Å². The number of nitrogens with zero attached hydrogens (tertiary/aromatic N) is 1. The van der Waals surface area contributed by atoms with Gasteiger partial charge in [-0.2, -0.15) is 0 Å². The van der Waals surface area contributed by atoms with Crippen LogP contribution in [0.15, 0.2) is 42.5 Å². The van der Waals surface area contributed by atoms with Gasteiger partial charge in [0.2, 0.25) is 0 Å². The zero-order valence-corrected chi connectivity index (χ0v) is 15.2. The highest BCUT2D eigenvalue weighted by atomic mass is 32.1. The molecular weight excluding hydrogens is 334 g/mol. The molecule has 1 aromatic heterocycles. The smallest absolute Gasteiger partial charge is 0.347 e. The van der Waals surface area contributed by atoms with Crippen molar-refractivity contribution in [2.75, 3.05) is 0 Å². The number of hydrogen-bond donors (Lipinski definition) is 1. The molecule has 128 valence electrons. The maximum absolute atomic E-state index is 11.3. The number of ether oxygens (including phenoxy) is 1. The quantitative estimate of drug-likeness (QED) is 0.660. The van der Waals surface area contributed by atoms with Gasteiger partial charge in [-0.3, -0.25) is 0 Å². The highest BCUT2D eigenvalue weighted by Crippen LogP contribution is 2.32. The number of carboxylic acid groups (broad SMARTS) is 1. The van der Waals surface area contributed by atoms with Gasteiger partial charge in [0, 0.05) is 5.56 Å². The number of hydrogen-bond acceptors (Lipinski definition) is 4. The number of rotatable bonds is 5. The maximum Gasteiger partial charge on any atom is 0.347 e. The summed E-state index contributed by atoms with van der Waals surface area (Å²) >= 11 is 1.21. The molecule has 1 N–H and O–H groups in total. The Morgan fingerprint density at radius 3 is 2.48 bits per heavy atom. The molecule has 3 rings (SSSR count). The first-order chi connectivity index (χ1) is 12.0. The number of aromatic carboxylic acids is 1. The number of aryl methyl sites for hydroxylation is 2. The van der Waals surface area contributed by atoms with Crippen molar-refractivity contribution in [1.29, 1.82) is 0 Å². The lowest BCUT2D eigenvalue weighted by atomic mass is 10.1. The zero-order chi connectivity index (χ0) is 18.0. The lowest BCUT2D eigenvalue weighted by Crippen LogP contribution is -1.97. The number of carboxylic acids is 1. The van der Waals surface area contributed by atoms with E-state index in [1.165, 1.54) is 16.9 Å². The molecule has 1 heterocycles. The number of benzene rings is 2. The van der Waals surface area contributed by atoms with Gasteiger partial charge < -0.3 is 9.84 Å². The third-order valence-electron chi connectivity index (χ3n) is 4.11. The van der Waals surface area contributed by atoms with Gasteiger partial charge in [-0.25, -0.2) is 9.78 Å². The lowest BCUT2D eigenvalue weighted by Gasteiger charge is -2.10. The summed E-state index contributed by atoms with van der Waals surface area (Å²) in [6.45, 7) is 6.00. The van der Waals surface area contributed by atoms with Crippen LogP contribution in [0.2, 0.25) is 0 Å².